The summed E-state index contributed by atoms with van der Waals surface area (Å²) in [4.78, 5) is 42.6. The maximum Gasteiger partial charge on any atom is 0.293 e. The van der Waals surface area contributed by atoms with Gasteiger partial charge in [0.2, 0.25) is 17.6 Å². The van der Waals surface area contributed by atoms with Crippen molar-refractivity contribution in [2.24, 2.45) is 0 Å². The van der Waals surface area contributed by atoms with Crippen LogP contribution in [-0.4, -0.2) is 45.2 Å². The van der Waals surface area contributed by atoms with E-state index in [0.717, 1.165) is 27.8 Å². The van der Waals surface area contributed by atoms with E-state index in [-0.39, 0.29) is 54.7 Å². The van der Waals surface area contributed by atoms with E-state index in [1.54, 1.807) is 6.08 Å². The summed E-state index contributed by atoms with van der Waals surface area (Å²) < 4.78 is 18.2. The van der Waals surface area contributed by atoms with E-state index < -0.39 is 0 Å². The molecular formula is C24H21FN4O4S. The lowest BCUT2D eigenvalue weighted by Crippen LogP contribution is -2.37. The third kappa shape index (κ3) is 5.76. The van der Waals surface area contributed by atoms with E-state index in [1.165, 1.54) is 24.3 Å². The van der Waals surface area contributed by atoms with E-state index in [9.17, 15) is 18.8 Å². The average Bonchev–Trinajstić information content (AvgIpc) is 3.40. The Hall–Kier alpha value is -3.79. The zero-order valence-electron chi connectivity index (χ0n) is 18.3. The van der Waals surface area contributed by atoms with Crippen molar-refractivity contribution in [1.29, 1.82) is 0 Å². The molecule has 1 saturated heterocycles. The number of imide groups is 1. The van der Waals surface area contributed by atoms with Gasteiger partial charge in [0.25, 0.3) is 11.1 Å². The van der Waals surface area contributed by atoms with Gasteiger partial charge in [0.05, 0.1) is 4.91 Å². The molecule has 2 heterocycles. The van der Waals surface area contributed by atoms with Crippen LogP contribution in [0.5, 0.6) is 0 Å². The molecule has 2 aromatic carbocycles. The van der Waals surface area contributed by atoms with E-state index in [4.69, 9.17) is 4.52 Å². The average molecular weight is 481 g/mol. The number of nitrogens with zero attached hydrogens (tertiary/aromatic N) is 3. The van der Waals surface area contributed by atoms with E-state index >= 15 is 0 Å². The number of rotatable bonds is 8. The number of hydrogen-bond donors (Lipinski definition) is 1. The summed E-state index contributed by atoms with van der Waals surface area (Å²) in [6.45, 7) is 2.19. The Morgan fingerprint density at radius 1 is 1.15 bits per heavy atom. The fraction of sp³-hybridized carbons (Fsp3) is 0.208. The van der Waals surface area contributed by atoms with Crippen LogP contribution in [0, 0.1) is 12.7 Å². The molecule has 3 aromatic rings. The minimum absolute atomic E-state index is 0.0803. The molecule has 0 saturated carbocycles. The van der Waals surface area contributed by atoms with Crippen molar-refractivity contribution in [2.75, 3.05) is 13.1 Å². The standard InChI is InChI=1S/C24H21FN4O4S/c1-15-2-4-16(5-3-15)14-19-23(31)29(24(32)34-19)13-12-26-20(30)10-11-21-27-22(28-33-21)17-6-8-18(25)9-7-17/h2-9,14H,10-13H2,1H3,(H,26,30)/b19-14-. The number of benzene rings is 2. The normalized spacial score (nSPS) is 14.8. The first kappa shape index (κ1) is 23.4. The number of thioether (sulfide) groups is 1. The molecule has 3 amide bonds. The Bertz CT molecular complexity index is 1240. The number of aromatic nitrogens is 2. The summed E-state index contributed by atoms with van der Waals surface area (Å²) in [5, 5.41) is 6.16. The predicted molar refractivity (Wildman–Crippen MR) is 125 cm³/mol. The van der Waals surface area contributed by atoms with Crippen LogP contribution < -0.4 is 5.32 Å². The van der Waals surface area contributed by atoms with Crippen LogP contribution in [-0.2, 0) is 16.0 Å². The van der Waals surface area contributed by atoms with Gasteiger partial charge in [0, 0.05) is 31.5 Å². The lowest BCUT2D eigenvalue weighted by atomic mass is 10.1. The molecule has 1 fully saturated rings. The van der Waals surface area contributed by atoms with E-state index in [1.807, 2.05) is 31.2 Å². The number of carbonyl (C=O) groups is 3. The Labute approximate surface area is 199 Å². The zero-order chi connectivity index (χ0) is 24.1. The number of nitrogens with one attached hydrogen (secondary N) is 1. The molecule has 1 N–H and O–H groups in total. The van der Waals surface area contributed by atoms with Gasteiger partial charge in [-0.3, -0.25) is 19.3 Å². The molecule has 1 aromatic heterocycles. The van der Waals surface area contributed by atoms with Crippen LogP contribution >= 0.6 is 11.8 Å². The van der Waals surface area contributed by atoms with Gasteiger partial charge in [0.15, 0.2) is 0 Å². The Kier molecular flexibility index (Phi) is 7.17. The second kappa shape index (κ2) is 10.4. The van der Waals surface area contributed by atoms with Crippen LogP contribution in [0.15, 0.2) is 58.0 Å². The highest BCUT2D eigenvalue weighted by atomic mass is 32.2. The van der Waals surface area contributed by atoms with Crippen molar-refractivity contribution in [3.63, 3.8) is 0 Å². The Morgan fingerprint density at radius 2 is 1.88 bits per heavy atom. The van der Waals surface area contributed by atoms with Crippen molar-refractivity contribution in [3.8, 4) is 11.4 Å². The molecule has 4 rings (SSSR count). The summed E-state index contributed by atoms with van der Waals surface area (Å²) in [6, 6.07) is 13.3. The molecule has 0 bridgehead atoms. The monoisotopic (exact) mass is 480 g/mol. The van der Waals surface area contributed by atoms with Gasteiger partial charge in [-0.15, -0.1) is 0 Å². The summed E-state index contributed by atoms with van der Waals surface area (Å²) >= 11 is 0.886. The lowest BCUT2D eigenvalue weighted by Gasteiger charge is -2.12. The van der Waals surface area contributed by atoms with Gasteiger partial charge in [-0.05, 0) is 54.6 Å². The SMILES string of the molecule is Cc1ccc(/C=C2\SC(=O)N(CCNC(=O)CCc3nc(-c4ccc(F)cc4)no3)C2=O)cc1. The van der Waals surface area contributed by atoms with E-state index in [2.05, 4.69) is 15.5 Å². The predicted octanol–water partition coefficient (Wildman–Crippen LogP) is 3.97. The van der Waals surface area contributed by atoms with Crippen molar-refractivity contribution < 1.29 is 23.3 Å². The highest BCUT2D eigenvalue weighted by molar-refractivity contribution is 8.18. The molecule has 0 spiro atoms. The summed E-state index contributed by atoms with van der Waals surface area (Å²) in [6.07, 6.45) is 2.01. The van der Waals surface area contributed by atoms with Gasteiger partial charge in [-0.25, -0.2) is 4.39 Å². The van der Waals surface area contributed by atoms with Gasteiger partial charge >= 0.3 is 0 Å². The summed E-state index contributed by atoms with van der Waals surface area (Å²) in [5.74, 6) is -0.415. The van der Waals surface area contributed by atoms with Gasteiger partial charge in [-0.1, -0.05) is 35.0 Å². The minimum Gasteiger partial charge on any atom is -0.354 e. The first-order valence-corrected chi connectivity index (χ1v) is 11.4. The largest absolute Gasteiger partial charge is 0.354 e. The van der Waals surface area contributed by atoms with Gasteiger partial charge in [0.1, 0.15) is 5.82 Å². The number of halogens is 1. The number of carbonyl (C=O) groups excluding carboxylic acids is 3. The fourth-order valence-electron chi connectivity index (χ4n) is 3.20. The summed E-state index contributed by atoms with van der Waals surface area (Å²) in [5.41, 5.74) is 2.55. The quantitative estimate of drug-likeness (QED) is 0.486. The maximum absolute atomic E-state index is 13.0. The van der Waals surface area contributed by atoms with Crippen molar-refractivity contribution in [1.82, 2.24) is 20.4 Å². The minimum atomic E-state index is -0.371. The van der Waals surface area contributed by atoms with Crippen molar-refractivity contribution in [2.45, 2.75) is 19.8 Å². The first-order chi connectivity index (χ1) is 16.4. The molecule has 10 heteroatoms. The molecule has 0 atom stereocenters. The smallest absolute Gasteiger partial charge is 0.293 e. The third-order valence-electron chi connectivity index (χ3n) is 5.04. The molecule has 174 valence electrons. The third-order valence-corrected chi connectivity index (χ3v) is 5.95. The van der Waals surface area contributed by atoms with Gasteiger partial charge in [-0.2, -0.15) is 4.98 Å². The van der Waals surface area contributed by atoms with Crippen LogP contribution in [0.25, 0.3) is 17.5 Å². The molecule has 8 nitrogen and oxygen atoms in total. The van der Waals surface area contributed by atoms with Crippen LogP contribution in [0.4, 0.5) is 9.18 Å². The van der Waals surface area contributed by atoms with Crippen LogP contribution in [0.3, 0.4) is 0 Å². The second-order valence-corrected chi connectivity index (χ2v) is 8.61. The van der Waals surface area contributed by atoms with Crippen molar-refractivity contribution >= 4 is 34.9 Å². The first-order valence-electron chi connectivity index (χ1n) is 10.6. The maximum atomic E-state index is 13.0. The summed E-state index contributed by atoms with van der Waals surface area (Å²) in [7, 11) is 0. The molecule has 0 radical (unpaired) electrons. The molecular weight excluding hydrogens is 459 g/mol. The highest BCUT2D eigenvalue weighted by Gasteiger charge is 2.34. The number of hydrogen-bond acceptors (Lipinski definition) is 7. The molecule has 0 aliphatic carbocycles. The van der Waals surface area contributed by atoms with Crippen LogP contribution in [0.1, 0.15) is 23.4 Å². The number of amides is 3. The Morgan fingerprint density at radius 3 is 2.62 bits per heavy atom. The number of aryl methyl sites for hydroxylation is 2. The van der Waals surface area contributed by atoms with Crippen molar-refractivity contribution in [3.05, 3.63) is 76.3 Å². The van der Waals surface area contributed by atoms with Gasteiger partial charge < -0.3 is 9.84 Å². The van der Waals surface area contributed by atoms with E-state index in [0.29, 0.717) is 16.3 Å². The fourth-order valence-corrected chi connectivity index (χ4v) is 4.06. The lowest BCUT2D eigenvalue weighted by molar-refractivity contribution is -0.124. The topological polar surface area (TPSA) is 105 Å². The second-order valence-electron chi connectivity index (χ2n) is 7.61. The molecule has 34 heavy (non-hydrogen) atoms. The van der Waals surface area contributed by atoms with Crippen LogP contribution in [0.2, 0.25) is 0 Å². The molecule has 1 aliphatic heterocycles. The highest BCUT2D eigenvalue weighted by Crippen LogP contribution is 2.31. The zero-order valence-corrected chi connectivity index (χ0v) is 19.1. The molecule has 1 aliphatic rings. The molecule has 0 unspecified atom stereocenters. The Balaban J connectivity index is 1.23.